The highest BCUT2D eigenvalue weighted by atomic mass is 16.1. The summed E-state index contributed by atoms with van der Waals surface area (Å²) >= 11 is 0. The number of rotatable bonds is 6. The van der Waals surface area contributed by atoms with Crippen molar-refractivity contribution in [2.45, 2.75) is 39.2 Å². The molecule has 5 nitrogen and oxygen atoms in total. The van der Waals surface area contributed by atoms with Crippen LogP contribution in [0.3, 0.4) is 0 Å². The fraction of sp³-hybridized carbons (Fsp3) is 0.286. The molecule has 1 atom stereocenters. The summed E-state index contributed by atoms with van der Waals surface area (Å²) in [6.45, 7) is 6.27. The van der Waals surface area contributed by atoms with E-state index in [-0.39, 0.29) is 11.9 Å². The van der Waals surface area contributed by atoms with Gasteiger partial charge in [0.2, 0.25) is 5.91 Å². The second-order valence-corrected chi connectivity index (χ2v) is 6.82. The number of carbonyl (C=O) groups is 1. The Kier molecular flexibility index (Phi) is 5.46. The predicted octanol–water partition coefficient (Wildman–Crippen LogP) is 4.02. The van der Waals surface area contributed by atoms with E-state index in [1.54, 1.807) is 12.4 Å². The predicted molar refractivity (Wildman–Crippen MR) is 103 cm³/mol. The second-order valence-electron chi connectivity index (χ2n) is 6.82. The van der Waals surface area contributed by atoms with Crippen molar-refractivity contribution in [1.29, 1.82) is 0 Å². The molecule has 0 aliphatic carbocycles. The molecule has 0 fully saturated rings. The van der Waals surface area contributed by atoms with Gasteiger partial charge in [0.25, 0.3) is 0 Å². The van der Waals surface area contributed by atoms with Crippen LogP contribution in [0, 0.1) is 0 Å². The van der Waals surface area contributed by atoms with Gasteiger partial charge in [0.05, 0.1) is 24.4 Å². The zero-order valence-electron chi connectivity index (χ0n) is 15.4. The molecule has 0 saturated heterocycles. The molecule has 0 aliphatic rings. The Morgan fingerprint density at radius 2 is 1.81 bits per heavy atom. The summed E-state index contributed by atoms with van der Waals surface area (Å²) in [5.74, 6) is 0.490. The Balaban J connectivity index is 1.58. The van der Waals surface area contributed by atoms with Gasteiger partial charge in [-0.1, -0.05) is 44.2 Å². The standard InChI is InChI=1S/C21H24N4O/c1-14(2)17-6-4-16(5-7-17)10-21(26)25-15(3)20-9-8-18(11-22-20)19-12-23-24-13-19/h4-9,11-15H,10H2,1-3H3,(H,23,24)(H,25,26). The molecule has 0 radical (unpaired) electrons. The van der Waals surface area contributed by atoms with Gasteiger partial charge in [-0.3, -0.25) is 14.9 Å². The average molecular weight is 348 g/mol. The van der Waals surface area contributed by atoms with Crippen molar-refractivity contribution in [2.24, 2.45) is 0 Å². The number of nitrogens with one attached hydrogen (secondary N) is 2. The number of pyridine rings is 1. The average Bonchev–Trinajstić information content (AvgIpc) is 3.17. The van der Waals surface area contributed by atoms with E-state index in [9.17, 15) is 4.79 Å². The summed E-state index contributed by atoms with van der Waals surface area (Å²) in [4.78, 5) is 16.8. The van der Waals surface area contributed by atoms with Crippen molar-refractivity contribution in [3.63, 3.8) is 0 Å². The van der Waals surface area contributed by atoms with Crippen molar-refractivity contribution in [2.75, 3.05) is 0 Å². The van der Waals surface area contributed by atoms with Crippen LogP contribution in [0.2, 0.25) is 0 Å². The molecular weight excluding hydrogens is 324 g/mol. The van der Waals surface area contributed by atoms with Crippen molar-refractivity contribution in [3.05, 3.63) is 71.8 Å². The van der Waals surface area contributed by atoms with E-state index in [2.05, 4.69) is 46.5 Å². The van der Waals surface area contributed by atoms with Crippen LogP contribution in [0.25, 0.3) is 11.1 Å². The highest BCUT2D eigenvalue weighted by molar-refractivity contribution is 5.79. The maximum atomic E-state index is 12.3. The molecule has 134 valence electrons. The lowest BCUT2D eigenvalue weighted by atomic mass is 10.0. The second kappa shape index (κ2) is 7.95. The van der Waals surface area contributed by atoms with Gasteiger partial charge in [0.1, 0.15) is 0 Å². The van der Waals surface area contributed by atoms with Crippen LogP contribution in [0.5, 0.6) is 0 Å². The first-order valence-corrected chi connectivity index (χ1v) is 8.86. The molecule has 0 saturated carbocycles. The number of aromatic amines is 1. The van der Waals surface area contributed by atoms with E-state index in [1.165, 1.54) is 5.56 Å². The number of amides is 1. The fourth-order valence-corrected chi connectivity index (χ4v) is 2.81. The molecule has 3 aromatic rings. The van der Waals surface area contributed by atoms with E-state index in [0.717, 1.165) is 22.4 Å². The van der Waals surface area contributed by atoms with Crippen molar-refractivity contribution < 1.29 is 4.79 Å². The normalized spacial score (nSPS) is 12.2. The van der Waals surface area contributed by atoms with Crippen LogP contribution in [-0.2, 0) is 11.2 Å². The van der Waals surface area contributed by atoms with Crippen molar-refractivity contribution >= 4 is 5.91 Å². The quantitative estimate of drug-likeness (QED) is 0.707. The van der Waals surface area contributed by atoms with Gasteiger partial charge in [0.15, 0.2) is 0 Å². The van der Waals surface area contributed by atoms with Crippen LogP contribution in [-0.4, -0.2) is 21.1 Å². The minimum Gasteiger partial charge on any atom is -0.348 e. The molecular formula is C21H24N4O. The zero-order valence-corrected chi connectivity index (χ0v) is 15.4. The minimum atomic E-state index is -0.143. The summed E-state index contributed by atoms with van der Waals surface area (Å²) < 4.78 is 0. The summed E-state index contributed by atoms with van der Waals surface area (Å²) in [6, 6.07) is 12.0. The van der Waals surface area contributed by atoms with E-state index >= 15 is 0 Å². The number of nitrogens with zero attached hydrogens (tertiary/aromatic N) is 2. The SMILES string of the molecule is CC(C)c1ccc(CC(=O)NC(C)c2ccc(-c3cn[nH]c3)cn2)cc1. The van der Waals surface area contributed by atoms with E-state index < -0.39 is 0 Å². The number of benzene rings is 1. The zero-order chi connectivity index (χ0) is 18.5. The van der Waals surface area contributed by atoms with Crippen LogP contribution in [0.4, 0.5) is 0 Å². The first-order chi connectivity index (χ1) is 12.5. The summed E-state index contributed by atoms with van der Waals surface area (Å²) in [5, 5.41) is 9.75. The first-order valence-electron chi connectivity index (χ1n) is 8.86. The molecule has 1 aromatic carbocycles. The molecule has 2 heterocycles. The van der Waals surface area contributed by atoms with Gasteiger partial charge < -0.3 is 5.32 Å². The smallest absolute Gasteiger partial charge is 0.224 e. The monoisotopic (exact) mass is 348 g/mol. The van der Waals surface area contributed by atoms with Crippen LogP contribution in [0.1, 0.15) is 49.6 Å². The number of hydrogen-bond donors (Lipinski definition) is 2. The molecule has 0 bridgehead atoms. The lowest BCUT2D eigenvalue weighted by Gasteiger charge is -2.14. The maximum absolute atomic E-state index is 12.3. The topological polar surface area (TPSA) is 70.7 Å². The number of hydrogen-bond acceptors (Lipinski definition) is 3. The molecule has 5 heteroatoms. The van der Waals surface area contributed by atoms with E-state index in [0.29, 0.717) is 12.3 Å². The van der Waals surface area contributed by atoms with Gasteiger partial charge in [0, 0.05) is 23.5 Å². The van der Waals surface area contributed by atoms with E-state index in [4.69, 9.17) is 0 Å². The third-order valence-corrected chi connectivity index (χ3v) is 4.45. The van der Waals surface area contributed by atoms with Crippen LogP contribution < -0.4 is 5.32 Å². The fourth-order valence-electron chi connectivity index (χ4n) is 2.81. The highest BCUT2D eigenvalue weighted by Gasteiger charge is 2.12. The largest absolute Gasteiger partial charge is 0.348 e. The van der Waals surface area contributed by atoms with Crippen molar-refractivity contribution in [1.82, 2.24) is 20.5 Å². The molecule has 3 rings (SSSR count). The molecule has 2 N–H and O–H groups in total. The molecule has 2 aromatic heterocycles. The number of H-pyrrole nitrogens is 1. The van der Waals surface area contributed by atoms with Gasteiger partial charge in [-0.25, -0.2) is 0 Å². The Morgan fingerprint density at radius 3 is 2.38 bits per heavy atom. The van der Waals surface area contributed by atoms with Crippen LogP contribution >= 0.6 is 0 Å². The molecule has 0 aliphatic heterocycles. The number of carbonyl (C=O) groups excluding carboxylic acids is 1. The minimum absolute atomic E-state index is 0.00416. The molecule has 1 amide bonds. The lowest BCUT2D eigenvalue weighted by Crippen LogP contribution is -2.28. The van der Waals surface area contributed by atoms with Gasteiger partial charge in [-0.05, 0) is 30.0 Å². The summed E-state index contributed by atoms with van der Waals surface area (Å²) in [7, 11) is 0. The van der Waals surface area contributed by atoms with Gasteiger partial charge in [-0.2, -0.15) is 5.10 Å². The van der Waals surface area contributed by atoms with Gasteiger partial charge in [-0.15, -0.1) is 0 Å². The molecule has 26 heavy (non-hydrogen) atoms. The van der Waals surface area contributed by atoms with Gasteiger partial charge >= 0.3 is 0 Å². The Labute approximate surface area is 153 Å². The number of aromatic nitrogens is 3. The molecule has 0 spiro atoms. The van der Waals surface area contributed by atoms with Crippen molar-refractivity contribution in [3.8, 4) is 11.1 Å². The lowest BCUT2D eigenvalue weighted by molar-refractivity contribution is -0.121. The van der Waals surface area contributed by atoms with Crippen LogP contribution in [0.15, 0.2) is 55.0 Å². The Morgan fingerprint density at radius 1 is 1.04 bits per heavy atom. The maximum Gasteiger partial charge on any atom is 0.224 e. The third kappa shape index (κ3) is 4.36. The first kappa shape index (κ1) is 17.9. The van der Waals surface area contributed by atoms with E-state index in [1.807, 2.05) is 37.4 Å². The molecule has 1 unspecified atom stereocenters. The summed E-state index contributed by atoms with van der Waals surface area (Å²) in [5.41, 5.74) is 5.12. The Hall–Kier alpha value is -2.95. The summed E-state index contributed by atoms with van der Waals surface area (Å²) in [6.07, 6.45) is 5.75. The highest BCUT2D eigenvalue weighted by Crippen LogP contribution is 2.19. The third-order valence-electron chi connectivity index (χ3n) is 4.45. The Bertz CT molecular complexity index is 837.